The first-order valence-electron chi connectivity index (χ1n) is 8.16. The summed E-state index contributed by atoms with van der Waals surface area (Å²) >= 11 is 1.74. The lowest BCUT2D eigenvalue weighted by Gasteiger charge is -2.32. The van der Waals surface area contributed by atoms with Crippen LogP contribution in [0.3, 0.4) is 0 Å². The van der Waals surface area contributed by atoms with Gasteiger partial charge in [-0.1, -0.05) is 12.1 Å². The molecule has 0 saturated carbocycles. The molecule has 1 aromatic carbocycles. The van der Waals surface area contributed by atoms with Gasteiger partial charge in [0.2, 0.25) is 0 Å². The highest BCUT2D eigenvalue weighted by atomic mass is 32.2. The van der Waals surface area contributed by atoms with E-state index in [0.29, 0.717) is 5.56 Å². The maximum atomic E-state index is 11.8. The monoisotopic (exact) mass is 346 g/mol. The van der Waals surface area contributed by atoms with Crippen LogP contribution in [0.4, 0.5) is 0 Å². The predicted molar refractivity (Wildman–Crippen MR) is 97.2 cm³/mol. The summed E-state index contributed by atoms with van der Waals surface area (Å²) in [6, 6.07) is 5.67. The topological polar surface area (TPSA) is 44.8 Å². The average molecular weight is 346 g/mol. The quantitative estimate of drug-likeness (QED) is 0.599. The minimum atomic E-state index is -0.392. The first-order chi connectivity index (χ1) is 11.2. The fraction of sp³-hybridized carbons (Fsp3) is 0.500. The van der Waals surface area contributed by atoms with E-state index in [0.717, 1.165) is 28.1 Å². The Bertz CT molecular complexity index is 680. The predicted octanol–water partition coefficient (Wildman–Crippen LogP) is 3.98. The van der Waals surface area contributed by atoms with Crippen molar-refractivity contribution < 1.29 is 18.8 Å². The summed E-state index contributed by atoms with van der Waals surface area (Å²) in [6.45, 7) is 8.22. The van der Waals surface area contributed by atoms with E-state index < -0.39 is 7.12 Å². The smallest absolute Gasteiger partial charge is 0.465 e. The number of ether oxygens (including phenoxy) is 1. The third kappa shape index (κ3) is 3.03. The lowest BCUT2D eigenvalue weighted by Crippen LogP contribution is -2.41. The number of hydrogen-bond acceptors (Lipinski definition) is 5. The summed E-state index contributed by atoms with van der Waals surface area (Å²) in [7, 11) is 1.01. The third-order valence-electron chi connectivity index (χ3n) is 4.96. The van der Waals surface area contributed by atoms with Crippen LogP contribution in [0.5, 0.6) is 0 Å². The Morgan fingerprint density at radius 2 is 1.88 bits per heavy atom. The van der Waals surface area contributed by atoms with E-state index in [1.54, 1.807) is 17.8 Å². The van der Waals surface area contributed by atoms with Crippen LogP contribution in [0.1, 0.15) is 50.0 Å². The van der Waals surface area contributed by atoms with E-state index in [-0.39, 0.29) is 17.2 Å². The molecule has 128 valence electrons. The average Bonchev–Trinajstić information content (AvgIpc) is 2.68. The number of carbonyl (C=O) groups excluding carboxylic acids is 1. The molecule has 0 radical (unpaired) electrons. The van der Waals surface area contributed by atoms with Crippen LogP contribution in [-0.4, -0.2) is 37.2 Å². The zero-order valence-electron chi connectivity index (χ0n) is 14.8. The van der Waals surface area contributed by atoms with Gasteiger partial charge in [0, 0.05) is 10.6 Å². The Kier molecular flexibility index (Phi) is 4.58. The summed E-state index contributed by atoms with van der Waals surface area (Å²) in [6.07, 6.45) is 3.13. The van der Waals surface area contributed by atoms with Crippen molar-refractivity contribution in [3.63, 3.8) is 0 Å². The molecule has 2 aliphatic heterocycles. The van der Waals surface area contributed by atoms with E-state index in [1.165, 1.54) is 7.11 Å². The molecule has 1 saturated heterocycles. The van der Waals surface area contributed by atoms with Gasteiger partial charge < -0.3 is 14.0 Å². The standard InChI is InChI=1S/C18H23BO4S/c1-17(2)18(3,4)23-19(22-17)14-7-6-10-24-15-11-12(16(20)21-5)8-9-13(14)15/h7-9,11H,6,10H2,1-5H3. The van der Waals surface area contributed by atoms with E-state index in [4.69, 9.17) is 14.0 Å². The maximum Gasteiger partial charge on any atom is 0.495 e. The number of thioether (sulfide) groups is 1. The molecule has 3 rings (SSSR count). The van der Waals surface area contributed by atoms with E-state index >= 15 is 0 Å². The molecule has 0 aliphatic carbocycles. The number of benzene rings is 1. The van der Waals surface area contributed by atoms with Crippen LogP contribution in [0.25, 0.3) is 5.47 Å². The SMILES string of the molecule is COC(=O)c1ccc2c(c1)SCCC=C2B1OC(C)(C)C(C)(C)O1. The molecule has 2 aliphatic rings. The van der Waals surface area contributed by atoms with Gasteiger partial charge in [-0.05, 0) is 57.3 Å². The van der Waals surface area contributed by atoms with Gasteiger partial charge in [-0.15, -0.1) is 11.8 Å². The number of methoxy groups -OCH3 is 1. The molecule has 1 aromatic rings. The molecule has 0 spiro atoms. The summed E-state index contributed by atoms with van der Waals surface area (Å²) in [4.78, 5) is 12.9. The normalized spacial score (nSPS) is 21.7. The van der Waals surface area contributed by atoms with Crippen molar-refractivity contribution in [2.75, 3.05) is 12.9 Å². The molecule has 24 heavy (non-hydrogen) atoms. The first-order valence-corrected chi connectivity index (χ1v) is 9.15. The van der Waals surface area contributed by atoms with E-state index in [9.17, 15) is 4.79 Å². The van der Waals surface area contributed by atoms with Crippen molar-refractivity contribution in [1.82, 2.24) is 0 Å². The second kappa shape index (κ2) is 6.25. The van der Waals surface area contributed by atoms with Gasteiger partial charge in [0.05, 0.1) is 23.9 Å². The summed E-state index contributed by atoms with van der Waals surface area (Å²) < 4.78 is 17.3. The molecule has 2 heterocycles. The van der Waals surface area contributed by atoms with Crippen molar-refractivity contribution in [3.8, 4) is 0 Å². The number of allylic oxidation sites excluding steroid dienone is 1. The van der Waals surface area contributed by atoms with Gasteiger partial charge in [0.25, 0.3) is 0 Å². The number of esters is 1. The molecular weight excluding hydrogens is 323 g/mol. The second-order valence-corrected chi connectivity index (χ2v) is 8.22. The number of carbonyl (C=O) groups is 1. The van der Waals surface area contributed by atoms with Crippen molar-refractivity contribution in [1.29, 1.82) is 0 Å². The molecule has 0 unspecified atom stereocenters. The lowest BCUT2D eigenvalue weighted by atomic mass is 9.73. The molecule has 1 fully saturated rings. The molecule has 0 bridgehead atoms. The van der Waals surface area contributed by atoms with Crippen molar-refractivity contribution in [2.24, 2.45) is 0 Å². The number of fused-ring (bicyclic) bond motifs is 1. The molecular formula is C18H23BO4S. The van der Waals surface area contributed by atoms with Gasteiger partial charge >= 0.3 is 13.1 Å². The Hall–Kier alpha value is -1.24. The van der Waals surface area contributed by atoms with Crippen LogP contribution in [0, 0.1) is 0 Å². The van der Waals surface area contributed by atoms with Crippen LogP contribution >= 0.6 is 11.8 Å². The lowest BCUT2D eigenvalue weighted by molar-refractivity contribution is 0.00578. The minimum Gasteiger partial charge on any atom is -0.465 e. The van der Waals surface area contributed by atoms with Crippen LogP contribution in [-0.2, 0) is 14.0 Å². The molecule has 4 nitrogen and oxygen atoms in total. The van der Waals surface area contributed by atoms with Crippen molar-refractivity contribution in [3.05, 3.63) is 35.4 Å². The fourth-order valence-corrected chi connectivity index (χ4v) is 3.82. The van der Waals surface area contributed by atoms with Gasteiger partial charge in [0.15, 0.2) is 0 Å². The maximum absolute atomic E-state index is 11.8. The Morgan fingerprint density at radius 1 is 1.21 bits per heavy atom. The van der Waals surface area contributed by atoms with Crippen molar-refractivity contribution >= 4 is 30.3 Å². The van der Waals surface area contributed by atoms with Gasteiger partial charge in [-0.2, -0.15) is 0 Å². The molecule has 6 heteroatoms. The van der Waals surface area contributed by atoms with Crippen molar-refractivity contribution in [2.45, 2.75) is 50.2 Å². The number of rotatable bonds is 2. The molecule has 0 atom stereocenters. The summed E-state index contributed by atoms with van der Waals surface area (Å²) in [5.41, 5.74) is 1.95. The molecule has 0 amide bonds. The largest absolute Gasteiger partial charge is 0.495 e. The van der Waals surface area contributed by atoms with E-state index in [1.807, 2.05) is 12.1 Å². The highest BCUT2D eigenvalue weighted by Gasteiger charge is 2.52. The van der Waals surface area contributed by atoms with Crippen LogP contribution in [0.15, 0.2) is 29.2 Å². The van der Waals surface area contributed by atoms with E-state index in [2.05, 4.69) is 33.8 Å². The highest BCUT2D eigenvalue weighted by molar-refractivity contribution is 7.99. The zero-order valence-corrected chi connectivity index (χ0v) is 15.7. The Labute approximate surface area is 148 Å². The van der Waals surface area contributed by atoms with Gasteiger partial charge in [0.1, 0.15) is 0 Å². The van der Waals surface area contributed by atoms with Crippen LogP contribution in [0.2, 0.25) is 0 Å². The third-order valence-corrected chi connectivity index (χ3v) is 6.05. The minimum absolute atomic E-state index is 0.316. The zero-order chi connectivity index (χ0) is 17.5. The number of hydrogen-bond donors (Lipinski definition) is 0. The fourth-order valence-electron chi connectivity index (χ4n) is 2.81. The Balaban J connectivity index is 1.97. The first kappa shape index (κ1) is 17.6. The summed E-state index contributed by atoms with van der Waals surface area (Å²) in [5.74, 6) is 0.643. The van der Waals surface area contributed by atoms with Gasteiger partial charge in [-0.25, -0.2) is 4.79 Å². The Morgan fingerprint density at radius 3 is 2.50 bits per heavy atom. The van der Waals surface area contributed by atoms with Crippen LogP contribution < -0.4 is 0 Å². The van der Waals surface area contributed by atoms with Gasteiger partial charge in [-0.3, -0.25) is 0 Å². The highest BCUT2D eigenvalue weighted by Crippen LogP contribution is 2.43. The summed E-state index contributed by atoms with van der Waals surface area (Å²) in [5, 5.41) is 0. The molecule has 0 aromatic heterocycles. The molecule has 0 N–H and O–H groups in total. The second-order valence-electron chi connectivity index (χ2n) is 7.09.